The number of aliphatic hydroxyl groups excluding tert-OH is 1. The number of carbonyl (C=O) groups is 2. The summed E-state index contributed by atoms with van der Waals surface area (Å²) in [6, 6.07) is 6.64. The van der Waals surface area contributed by atoms with Crippen molar-refractivity contribution in [2.24, 2.45) is 5.41 Å². The standard InChI is InChI=1S/C13H13NO4/c15-7-13(5-6-13)8-18-14-11(16)9-3-1-2-4-10(9)12(14)17/h1-4,15H,5-8H2. The first kappa shape index (κ1) is 11.4. The van der Waals surface area contributed by atoms with Crippen molar-refractivity contribution in [1.29, 1.82) is 0 Å². The lowest BCUT2D eigenvalue weighted by molar-refractivity contribution is -0.111. The van der Waals surface area contributed by atoms with Gasteiger partial charge in [-0.05, 0) is 25.0 Å². The molecule has 1 aromatic carbocycles. The Morgan fingerprint density at radius 2 is 1.72 bits per heavy atom. The van der Waals surface area contributed by atoms with Gasteiger partial charge < -0.3 is 5.11 Å². The van der Waals surface area contributed by atoms with Gasteiger partial charge in [0.05, 0.1) is 24.3 Å². The maximum Gasteiger partial charge on any atom is 0.285 e. The molecule has 1 aromatic rings. The van der Waals surface area contributed by atoms with Crippen LogP contribution in [-0.4, -0.2) is 35.2 Å². The van der Waals surface area contributed by atoms with Crippen molar-refractivity contribution >= 4 is 11.8 Å². The fraction of sp³-hybridized carbons (Fsp3) is 0.385. The quantitative estimate of drug-likeness (QED) is 0.806. The third-order valence-electron chi connectivity index (χ3n) is 3.55. The summed E-state index contributed by atoms with van der Waals surface area (Å²) in [5.74, 6) is -0.853. The molecule has 94 valence electrons. The van der Waals surface area contributed by atoms with E-state index in [4.69, 9.17) is 9.94 Å². The minimum absolute atomic E-state index is 0.0240. The van der Waals surface area contributed by atoms with Gasteiger partial charge in [0.1, 0.15) is 0 Å². The Labute approximate surface area is 104 Å². The molecule has 2 amide bonds. The van der Waals surface area contributed by atoms with Crippen molar-refractivity contribution in [2.45, 2.75) is 12.8 Å². The van der Waals surface area contributed by atoms with Crippen LogP contribution >= 0.6 is 0 Å². The Hall–Kier alpha value is -1.72. The first-order valence-corrected chi connectivity index (χ1v) is 5.88. The van der Waals surface area contributed by atoms with Crippen LogP contribution in [-0.2, 0) is 4.84 Å². The minimum atomic E-state index is -0.427. The van der Waals surface area contributed by atoms with Gasteiger partial charge in [0.2, 0.25) is 0 Å². The molecule has 1 aliphatic heterocycles. The van der Waals surface area contributed by atoms with E-state index < -0.39 is 11.8 Å². The summed E-state index contributed by atoms with van der Waals surface area (Å²) in [7, 11) is 0. The lowest BCUT2D eigenvalue weighted by Crippen LogP contribution is -2.33. The van der Waals surface area contributed by atoms with E-state index in [2.05, 4.69) is 0 Å². The van der Waals surface area contributed by atoms with E-state index in [1.54, 1.807) is 24.3 Å². The smallest absolute Gasteiger partial charge is 0.285 e. The van der Waals surface area contributed by atoms with Crippen LogP contribution in [0.15, 0.2) is 24.3 Å². The fourth-order valence-corrected chi connectivity index (χ4v) is 2.01. The predicted octanol–water partition coefficient (Wildman–Crippen LogP) is 0.987. The lowest BCUT2D eigenvalue weighted by atomic mass is 10.1. The molecule has 1 aliphatic carbocycles. The maximum absolute atomic E-state index is 12.0. The monoisotopic (exact) mass is 247 g/mol. The van der Waals surface area contributed by atoms with Crippen LogP contribution in [0.4, 0.5) is 0 Å². The van der Waals surface area contributed by atoms with Crippen LogP contribution in [0.2, 0.25) is 0 Å². The number of fused-ring (bicyclic) bond motifs is 1. The number of aliphatic hydroxyl groups is 1. The summed E-state index contributed by atoms with van der Waals surface area (Å²) in [6.07, 6.45) is 1.74. The highest BCUT2D eigenvalue weighted by molar-refractivity contribution is 6.20. The second kappa shape index (κ2) is 3.90. The number of imide groups is 1. The molecule has 0 radical (unpaired) electrons. The van der Waals surface area contributed by atoms with Crippen molar-refractivity contribution in [2.75, 3.05) is 13.2 Å². The molecule has 0 atom stereocenters. The van der Waals surface area contributed by atoms with Crippen LogP contribution in [0, 0.1) is 5.41 Å². The molecule has 0 spiro atoms. The van der Waals surface area contributed by atoms with Gasteiger partial charge in [0.25, 0.3) is 11.8 Å². The molecule has 3 rings (SSSR count). The van der Waals surface area contributed by atoms with Gasteiger partial charge in [0, 0.05) is 5.41 Å². The van der Waals surface area contributed by atoms with Crippen molar-refractivity contribution < 1.29 is 19.5 Å². The highest BCUT2D eigenvalue weighted by Crippen LogP contribution is 2.45. The second-order valence-electron chi connectivity index (χ2n) is 4.88. The number of hydrogen-bond acceptors (Lipinski definition) is 4. The summed E-state index contributed by atoms with van der Waals surface area (Å²) in [5.41, 5.74) is 0.489. The van der Waals surface area contributed by atoms with E-state index in [1.165, 1.54) is 0 Å². The summed E-state index contributed by atoms with van der Waals surface area (Å²) < 4.78 is 0. The normalized spacial score (nSPS) is 20.2. The van der Waals surface area contributed by atoms with Crippen molar-refractivity contribution in [3.8, 4) is 0 Å². The van der Waals surface area contributed by atoms with E-state index in [9.17, 15) is 9.59 Å². The Balaban J connectivity index is 1.76. The summed E-state index contributed by atoms with van der Waals surface area (Å²) in [4.78, 5) is 29.2. The van der Waals surface area contributed by atoms with Crippen LogP contribution in [0.3, 0.4) is 0 Å². The van der Waals surface area contributed by atoms with Gasteiger partial charge in [-0.3, -0.25) is 14.4 Å². The molecular weight excluding hydrogens is 234 g/mol. The van der Waals surface area contributed by atoms with Gasteiger partial charge in [-0.25, -0.2) is 0 Å². The molecule has 18 heavy (non-hydrogen) atoms. The Bertz CT molecular complexity index is 486. The number of hydroxylamine groups is 2. The van der Waals surface area contributed by atoms with E-state index in [-0.39, 0.29) is 18.6 Å². The molecule has 1 N–H and O–H groups in total. The molecule has 0 unspecified atom stereocenters. The largest absolute Gasteiger partial charge is 0.396 e. The molecule has 1 fully saturated rings. The highest BCUT2D eigenvalue weighted by Gasteiger charge is 2.45. The summed E-state index contributed by atoms with van der Waals surface area (Å²) in [5, 5.41) is 9.97. The van der Waals surface area contributed by atoms with E-state index in [0.29, 0.717) is 11.1 Å². The van der Waals surface area contributed by atoms with Gasteiger partial charge in [-0.1, -0.05) is 12.1 Å². The fourth-order valence-electron chi connectivity index (χ4n) is 2.01. The number of nitrogens with zero attached hydrogens (tertiary/aromatic N) is 1. The van der Waals surface area contributed by atoms with Crippen molar-refractivity contribution in [3.05, 3.63) is 35.4 Å². The molecule has 2 aliphatic rings. The number of benzene rings is 1. The molecule has 0 saturated heterocycles. The van der Waals surface area contributed by atoms with E-state index in [0.717, 1.165) is 17.9 Å². The van der Waals surface area contributed by atoms with Crippen LogP contribution in [0.5, 0.6) is 0 Å². The number of rotatable bonds is 4. The van der Waals surface area contributed by atoms with Gasteiger partial charge >= 0.3 is 0 Å². The van der Waals surface area contributed by atoms with Crippen LogP contribution in [0.25, 0.3) is 0 Å². The molecule has 1 saturated carbocycles. The summed E-state index contributed by atoms with van der Waals surface area (Å²) in [6.45, 7) is 0.227. The Kier molecular flexibility index (Phi) is 2.46. The van der Waals surface area contributed by atoms with Crippen molar-refractivity contribution in [1.82, 2.24) is 5.06 Å². The minimum Gasteiger partial charge on any atom is -0.396 e. The van der Waals surface area contributed by atoms with E-state index >= 15 is 0 Å². The number of carbonyl (C=O) groups excluding carboxylic acids is 2. The number of hydrogen-bond donors (Lipinski definition) is 1. The molecule has 0 bridgehead atoms. The third-order valence-corrected chi connectivity index (χ3v) is 3.55. The van der Waals surface area contributed by atoms with Crippen LogP contribution in [0.1, 0.15) is 33.6 Å². The molecule has 5 heteroatoms. The molecular formula is C13H13NO4. The average molecular weight is 247 g/mol. The van der Waals surface area contributed by atoms with Crippen LogP contribution < -0.4 is 0 Å². The maximum atomic E-state index is 12.0. The SMILES string of the molecule is O=C1c2ccccc2C(=O)N1OCC1(CO)CC1. The predicted molar refractivity (Wildman–Crippen MR) is 61.6 cm³/mol. The average Bonchev–Trinajstić information content (AvgIpc) is 3.14. The zero-order valence-electron chi connectivity index (χ0n) is 9.76. The van der Waals surface area contributed by atoms with Gasteiger partial charge in [-0.15, -0.1) is 5.06 Å². The Morgan fingerprint density at radius 1 is 1.17 bits per heavy atom. The molecule has 0 aromatic heterocycles. The van der Waals surface area contributed by atoms with E-state index in [1.807, 2.05) is 0 Å². The zero-order chi connectivity index (χ0) is 12.8. The molecule has 1 heterocycles. The Morgan fingerprint density at radius 3 is 2.17 bits per heavy atom. The third kappa shape index (κ3) is 1.63. The second-order valence-corrected chi connectivity index (χ2v) is 4.88. The molecule has 5 nitrogen and oxygen atoms in total. The van der Waals surface area contributed by atoms with Crippen molar-refractivity contribution in [3.63, 3.8) is 0 Å². The summed E-state index contributed by atoms with van der Waals surface area (Å²) >= 11 is 0. The lowest BCUT2D eigenvalue weighted by Gasteiger charge is -2.17. The highest BCUT2D eigenvalue weighted by atomic mass is 16.7. The van der Waals surface area contributed by atoms with Gasteiger partial charge in [-0.2, -0.15) is 0 Å². The zero-order valence-corrected chi connectivity index (χ0v) is 9.76. The van der Waals surface area contributed by atoms with Gasteiger partial charge in [0.15, 0.2) is 0 Å². The topological polar surface area (TPSA) is 66.8 Å². The number of amides is 2. The first-order chi connectivity index (χ1) is 8.67. The first-order valence-electron chi connectivity index (χ1n) is 5.88.